The lowest BCUT2D eigenvalue weighted by atomic mass is 10.2. The number of benzene rings is 1. The maximum atomic E-state index is 13.3. The molecule has 1 aromatic carbocycles. The first-order valence-corrected chi connectivity index (χ1v) is 6.05. The molecule has 4 nitrogen and oxygen atoms in total. The number of methoxy groups -OCH3 is 1. The second-order valence-corrected chi connectivity index (χ2v) is 4.11. The Morgan fingerprint density at radius 1 is 1.20 bits per heavy atom. The highest BCUT2D eigenvalue weighted by molar-refractivity contribution is 5.88. The van der Waals surface area contributed by atoms with Gasteiger partial charge in [-0.3, -0.25) is 4.98 Å². The van der Waals surface area contributed by atoms with Crippen molar-refractivity contribution in [3.63, 3.8) is 0 Å². The third-order valence-electron chi connectivity index (χ3n) is 2.71. The molecule has 0 N–H and O–H groups in total. The maximum absolute atomic E-state index is 13.3. The number of esters is 1. The van der Waals surface area contributed by atoms with Crippen molar-refractivity contribution in [2.24, 2.45) is 0 Å². The number of aromatic nitrogens is 1. The zero-order chi connectivity index (χ0) is 14.4. The molecule has 0 saturated carbocycles. The number of nitrogens with zero attached hydrogens (tertiary/aromatic N) is 1. The van der Waals surface area contributed by atoms with Crippen molar-refractivity contribution in [1.29, 1.82) is 0 Å². The number of halogens is 1. The predicted molar refractivity (Wildman–Crippen MR) is 70.5 cm³/mol. The molecule has 5 heteroatoms. The van der Waals surface area contributed by atoms with Crippen LogP contribution in [0.4, 0.5) is 4.39 Å². The molecule has 0 atom stereocenters. The third-order valence-corrected chi connectivity index (χ3v) is 2.71. The summed E-state index contributed by atoms with van der Waals surface area (Å²) in [4.78, 5) is 15.3. The van der Waals surface area contributed by atoms with E-state index in [4.69, 9.17) is 4.74 Å². The first kappa shape index (κ1) is 14.1. The van der Waals surface area contributed by atoms with Crippen LogP contribution in [-0.2, 0) is 22.7 Å². The first-order valence-electron chi connectivity index (χ1n) is 6.05. The highest BCUT2D eigenvalue weighted by atomic mass is 19.1. The maximum Gasteiger partial charge on any atom is 0.339 e. The topological polar surface area (TPSA) is 48.4 Å². The van der Waals surface area contributed by atoms with Crippen molar-refractivity contribution in [3.05, 3.63) is 65.2 Å². The molecule has 0 amide bonds. The van der Waals surface area contributed by atoms with Gasteiger partial charge in [0.2, 0.25) is 0 Å². The largest absolute Gasteiger partial charge is 0.465 e. The number of hydrogen-bond donors (Lipinski definition) is 0. The monoisotopic (exact) mass is 275 g/mol. The molecule has 2 rings (SSSR count). The van der Waals surface area contributed by atoms with Crippen LogP contribution < -0.4 is 0 Å². The molecular weight excluding hydrogens is 261 g/mol. The number of hydrogen-bond acceptors (Lipinski definition) is 4. The van der Waals surface area contributed by atoms with Crippen LogP contribution in [0.5, 0.6) is 0 Å². The summed E-state index contributed by atoms with van der Waals surface area (Å²) in [5, 5.41) is 0. The van der Waals surface area contributed by atoms with E-state index < -0.39 is 5.97 Å². The highest BCUT2D eigenvalue weighted by Crippen LogP contribution is 2.09. The van der Waals surface area contributed by atoms with Crippen LogP contribution in [0.3, 0.4) is 0 Å². The van der Waals surface area contributed by atoms with Gasteiger partial charge in [-0.15, -0.1) is 0 Å². The van der Waals surface area contributed by atoms with Crippen LogP contribution in [0.1, 0.15) is 21.6 Å². The number of ether oxygens (including phenoxy) is 2. The van der Waals surface area contributed by atoms with Gasteiger partial charge in [0, 0.05) is 11.8 Å². The molecule has 0 fully saturated rings. The Balaban J connectivity index is 1.88. The normalized spacial score (nSPS) is 10.3. The van der Waals surface area contributed by atoms with E-state index in [9.17, 15) is 9.18 Å². The first-order chi connectivity index (χ1) is 9.70. The van der Waals surface area contributed by atoms with Gasteiger partial charge in [0.05, 0.1) is 31.6 Å². The van der Waals surface area contributed by atoms with Crippen LogP contribution in [0, 0.1) is 5.82 Å². The lowest BCUT2D eigenvalue weighted by Crippen LogP contribution is -2.03. The van der Waals surface area contributed by atoms with Gasteiger partial charge in [-0.05, 0) is 18.2 Å². The molecule has 20 heavy (non-hydrogen) atoms. The fourth-order valence-electron chi connectivity index (χ4n) is 1.63. The zero-order valence-corrected chi connectivity index (χ0v) is 11.0. The third kappa shape index (κ3) is 3.61. The second kappa shape index (κ2) is 6.77. The molecule has 0 unspecified atom stereocenters. The summed E-state index contributed by atoms with van der Waals surface area (Å²) in [6, 6.07) is 9.73. The molecular formula is C15H14FNO3. The summed E-state index contributed by atoms with van der Waals surface area (Å²) < 4.78 is 23.3. The summed E-state index contributed by atoms with van der Waals surface area (Å²) in [5.74, 6) is -0.724. The van der Waals surface area contributed by atoms with Crippen molar-refractivity contribution >= 4 is 5.97 Å². The van der Waals surface area contributed by atoms with Crippen LogP contribution in [0.2, 0.25) is 0 Å². The highest BCUT2D eigenvalue weighted by Gasteiger charge is 2.06. The van der Waals surface area contributed by atoms with Gasteiger partial charge in [0.15, 0.2) is 0 Å². The van der Waals surface area contributed by atoms with Gasteiger partial charge in [0.25, 0.3) is 0 Å². The number of carbonyl (C=O) groups is 1. The van der Waals surface area contributed by atoms with E-state index in [1.807, 2.05) is 0 Å². The minimum atomic E-state index is -0.434. The minimum Gasteiger partial charge on any atom is -0.465 e. The summed E-state index contributed by atoms with van der Waals surface area (Å²) >= 11 is 0. The smallest absolute Gasteiger partial charge is 0.339 e. The van der Waals surface area contributed by atoms with Gasteiger partial charge < -0.3 is 9.47 Å². The average molecular weight is 275 g/mol. The molecule has 0 saturated heterocycles. The Hall–Kier alpha value is -2.27. The number of pyridine rings is 1. The standard InChI is InChI=1S/C15H14FNO3/c1-19-15(18)11-6-7-13(17-8-11)10-20-9-12-4-2-3-5-14(12)16/h2-8H,9-10H2,1H3. The van der Waals surface area contributed by atoms with Crippen LogP contribution in [0.25, 0.3) is 0 Å². The van der Waals surface area contributed by atoms with Gasteiger partial charge in [-0.1, -0.05) is 18.2 Å². The Labute approximate surface area is 116 Å². The van der Waals surface area contributed by atoms with Gasteiger partial charge in [-0.25, -0.2) is 9.18 Å². The van der Waals surface area contributed by atoms with Crippen LogP contribution >= 0.6 is 0 Å². The van der Waals surface area contributed by atoms with Crippen molar-refractivity contribution in [2.45, 2.75) is 13.2 Å². The van der Waals surface area contributed by atoms with Crippen LogP contribution in [0.15, 0.2) is 42.6 Å². The van der Waals surface area contributed by atoms with E-state index in [0.29, 0.717) is 16.8 Å². The van der Waals surface area contributed by atoms with E-state index in [-0.39, 0.29) is 19.0 Å². The molecule has 0 aliphatic carbocycles. The summed E-state index contributed by atoms with van der Waals surface area (Å²) in [6.45, 7) is 0.420. The molecule has 104 valence electrons. The van der Waals surface area contributed by atoms with Crippen molar-refractivity contribution in [2.75, 3.05) is 7.11 Å². The summed E-state index contributed by atoms with van der Waals surface area (Å²) in [5.41, 5.74) is 1.54. The molecule has 0 aliphatic rings. The van der Waals surface area contributed by atoms with E-state index in [1.54, 1.807) is 30.3 Å². The molecule has 1 heterocycles. The molecule has 0 spiro atoms. The molecule has 0 radical (unpaired) electrons. The number of rotatable bonds is 5. The van der Waals surface area contributed by atoms with Gasteiger partial charge >= 0.3 is 5.97 Å². The lowest BCUT2D eigenvalue weighted by molar-refractivity contribution is 0.0599. The Morgan fingerprint density at radius 2 is 2.00 bits per heavy atom. The Kier molecular flexibility index (Phi) is 4.79. The predicted octanol–water partition coefficient (Wildman–Crippen LogP) is 2.72. The quantitative estimate of drug-likeness (QED) is 0.787. The molecule has 2 aromatic rings. The van der Waals surface area contributed by atoms with Crippen LogP contribution in [-0.4, -0.2) is 18.1 Å². The second-order valence-electron chi connectivity index (χ2n) is 4.11. The van der Waals surface area contributed by atoms with Gasteiger partial charge in [0.1, 0.15) is 5.82 Å². The van der Waals surface area contributed by atoms with Crippen molar-refractivity contribution in [1.82, 2.24) is 4.98 Å². The summed E-state index contributed by atoms with van der Waals surface area (Å²) in [7, 11) is 1.31. The van der Waals surface area contributed by atoms with E-state index in [2.05, 4.69) is 9.72 Å². The Bertz CT molecular complexity index is 584. The Morgan fingerprint density at radius 3 is 2.65 bits per heavy atom. The van der Waals surface area contributed by atoms with Gasteiger partial charge in [-0.2, -0.15) is 0 Å². The SMILES string of the molecule is COC(=O)c1ccc(COCc2ccccc2F)nc1. The van der Waals surface area contributed by atoms with Crippen molar-refractivity contribution < 1.29 is 18.7 Å². The van der Waals surface area contributed by atoms with E-state index >= 15 is 0 Å². The fourth-order valence-corrected chi connectivity index (χ4v) is 1.63. The fraction of sp³-hybridized carbons (Fsp3) is 0.200. The molecule has 1 aromatic heterocycles. The zero-order valence-electron chi connectivity index (χ0n) is 11.0. The molecule has 0 bridgehead atoms. The van der Waals surface area contributed by atoms with E-state index in [0.717, 1.165) is 0 Å². The average Bonchev–Trinajstić information content (AvgIpc) is 2.49. The number of carbonyl (C=O) groups excluding carboxylic acids is 1. The minimum absolute atomic E-state index is 0.174. The van der Waals surface area contributed by atoms with E-state index in [1.165, 1.54) is 19.4 Å². The molecule has 0 aliphatic heterocycles. The lowest BCUT2D eigenvalue weighted by Gasteiger charge is -2.05. The van der Waals surface area contributed by atoms with Crippen molar-refractivity contribution in [3.8, 4) is 0 Å². The summed E-state index contributed by atoms with van der Waals surface area (Å²) in [6.07, 6.45) is 1.42.